The Labute approximate surface area is 127 Å². The van der Waals surface area contributed by atoms with E-state index in [4.69, 9.17) is 0 Å². The van der Waals surface area contributed by atoms with Crippen molar-refractivity contribution in [2.45, 2.75) is 34.2 Å². The Morgan fingerprint density at radius 1 is 1.00 bits per heavy atom. The molecular weight excluding hydrogens is 260 g/mol. The zero-order valence-electron chi connectivity index (χ0n) is 13.4. The molecule has 2 rings (SSSR count). The Morgan fingerprint density at radius 2 is 1.67 bits per heavy atom. The molecule has 1 heterocycles. The topological polar surface area (TPSA) is 53.6 Å². The average molecular weight is 286 g/mol. The first-order valence-electron chi connectivity index (χ1n) is 7.75. The van der Waals surface area contributed by atoms with Crippen LogP contribution in [0.2, 0.25) is 0 Å². The predicted octanol–water partition coefficient (Wildman–Crippen LogP) is 3.49. The molecule has 0 aliphatic rings. The Morgan fingerprint density at radius 3 is 2.29 bits per heavy atom. The first-order chi connectivity index (χ1) is 10.1. The summed E-state index contributed by atoms with van der Waals surface area (Å²) in [7, 11) is 0. The molecule has 1 aromatic heterocycles. The van der Waals surface area contributed by atoms with Crippen molar-refractivity contribution in [2.75, 3.05) is 6.54 Å². The maximum Gasteiger partial charge on any atom is 0.117 e. The molecule has 0 unspecified atom stereocenters. The third kappa shape index (κ3) is 4.14. The summed E-state index contributed by atoms with van der Waals surface area (Å²) in [6.07, 6.45) is 0. The summed E-state index contributed by atoms with van der Waals surface area (Å²) < 4.78 is 0. The van der Waals surface area contributed by atoms with Crippen molar-refractivity contribution in [3.63, 3.8) is 0 Å². The van der Waals surface area contributed by atoms with Crippen molar-refractivity contribution in [1.82, 2.24) is 20.7 Å². The molecule has 0 amide bonds. The van der Waals surface area contributed by atoms with Crippen molar-refractivity contribution in [2.24, 2.45) is 17.8 Å². The molecular formula is C17H26N4. The first-order valence-corrected chi connectivity index (χ1v) is 7.75. The van der Waals surface area contributed by atoms with Gasteiger partial charge in [0.25, 0.3) is 0 Å². The fourth-order valence-electron chi connectivity index (χ4n) is 2.80. The van der Waals surface area contributed by atoms with Gasteiger partial charge in [-0.3, -0.25) is 0 Å². The number of H-pyrrole nitrogens is 1. The molecule has 0 spiro atoms. The van der Waals surface area contributed by atoms with Crippen LogP contribution in [0.4, 0.5) is 0 Å². The first kappa shape index (κ1) is 15.7. The van der Waals surface area contributed by atoms with Gasteiger partial charge in [-0.2, -0.15) is 15.4 Å². The van der Waals surface area contributed by atoms with Crippen molar-refractivity contribution >= 4 is 0 Å². The zero-order chi connectivity index (χ0) is 15.2. The lowest BCUT2D eigenvalue weighted by Crippen LogP contribution is -2.29. The van der Waals surface area contributed by atoms with Crippen LogP contribution < -0.4 is 5.32 Å². The van der Waals surface area contributed by atoms with E-state index in [0.717, 1.165) is 30.0 Å². The molecule has 21 heavy (non-hydrogen) atoms. The van der Waals surface area contributed by atoms with Gasteiger partial charge in [-0.05, 0) is 24.3 Å². The second kappa shape index (κ2) is 7.36. The van der Waals surface area contributed by atoms with Gasteiger partial charge in [-0.15, -0.1) is 0 Å². The van der Waals surface area contributed by atoms with Crippen LogP contribution in [0.15, 0.2) is 30.3 Å². The predicted molar refractivity (Wildman–Crippen MR) is 86.7 cm³/mol. The van der Waals surface area contributed by atoms with Gasteiger partial charge in [0.2, 0.25) is 0 Å². The molecule has 114 valence electrons. The van der Waals surface area contributed by atoms with Crippen LogP contribution in [0.5, 0.6) is 0 Å². The Hall–Kier alpha value is -1.68. The Balaban J connectivity index is 1.97. The van der Waals surface area contributed by atoms with Crippen LogP contribution in [0.3, 0.4) is 0 Å². The molecule has 0 bridgehead atoms. The molecule has 0 saturated carbocycles. The van der Waals surface area contributed by atoms with Crippen LogP contribution in [-0.4, -0.2) is 22.0 Å². The number of benzene rings is 1. The largest absolute Gasteiger partial charge is 0.311 e. The lowest BCUT2D eigenvalue weighted by atomic mass is 9.85. The minimum atomic E-state index is 0.678. The van der Waals surface area contributed by atoms with Gasteiger partial charge in [0.15, 0.2) is 0 Å². The SMILES string of the molecule is CC(C)C(CNCc1n[nH]nc1-c1ccccc1)C(C)C. The van der Waals surface area contributed by atoms with E-state index in [0.29, 0.717) is 17.8 Å². The van der Waals surface area contributed by atoms with Gasteiger partial charge in [0.05, 0.1) is 0 Å². The molecule has 0 atom stereocenters. The van der Waals surface area contributed by atoms with E-state index in [9.17, 15) is 0 Å². The van der Waals surface area contributed by atoms with Crippen molar-refractivity contribution in [3.05, 3.63) is 36.0 Å². The van der Waals surface area contributed by atoms with Crippen molar-refractivity contribution in [1.29, 1.82) is 0 Å². The van der Waals surface area contributed by atoms with E-state index in [2.05, 4.69) is 60.6 Å². The summed E-state index contributed by atoms with van der Waals surface area (Å²) in [5.41, 5.74) is 3.02. The number of nitrogens with zero attached hydrogens (tertiary/aromatic N) is 2. The van der Waals surface area contributed by atoms with E-state index in [1.807, 2.05) is 18.2 Å². The van der Waals surface area contributed by atoms with Crippen molar-refractivity contribution in [3.8, 4) is 11.3 Å². The number of nitrogens with one attached hydrogen (secondary N) is 2. The number of rotatable bonds is 7. The highest BCUT2D eigenvalue weighted by molar-refractivity contribution is 5.60. The van der Waals surface area contributed by atoms with Crippen LogP contribution >= 0.6 is 0 Å². The molecule has 0 aliphatic heterocycles. The summed E-state index contributed by atoms with van der Waals surface area (Å²) >= 11 is 0. The summed E-state index contributed by atoms with van der Waals surface area (Å²) in [6.45, 7) is 10.9. The minimum absolute atomic E-state index is 0.678. The molecule has 2 aromatic rings. The van der Waals surface area contributed by atoms with Gasteiger partial charge < -0.3 is 5.32 Å². The highest BCUT2D eigenvalue weighted by Gasteiger charge is 2.17. The third-order valence-corrected chi connectivity index (χ3v) is 4.05. The van der Waals surface area contributed by atoms with E-state index >= 15 is 0 Å². The summed E-state index contributed by atoms with van der Waals surface area (Å²) in [6, 6.07) is 10.2. The maximum absolute atomic E-state index is 4.28. The number of hydrogen-bond acceptors (Lipinski definition) is 3. The van der Waals surface area contributed by atoms with Crippen molar-refractivity contribution < 1.29 is 0 Å². The quantitative estimate of drug-likeness (QED) is 0.819. The molecule has 2 N–H and O–H groups in total. The lowest BCUT2D eigenvalue weighted by Gasteiger charge is -2.25. The third-order valence-electron chi connectivity index (χ3n) is 4.05. The van der Waals surface area contributed by atoms with Gasteiger partial charge in [0.1, 0.15) is 11.4 Å². The summed E-state index contributed by atoms with van der Waals surface area (Å²) in [5.74, 6) is 2.05. The van der Waals surface area contributed by atoms with Crippen LogP contribution in [0, 0.1) is 17.8 Å². The zero-order valence-corrected chi connectivity index (χ0v) is 13.4. The number of aromatic amines is 1. The highest BCUT2D eigenvalue weighted by atomic mass is 15.3. The summed E-state index contributed by atoms with van der Waals surface area (Å²) in [4.78, 5) is 0. The molecule has 0 radical (unpaired) electrons. The van der Waals surface area contributed by atoms with Crippen LogP contribution in [-0.2, 0) is 6.54 Å². The van der Waals surface area contributed by atoms with Gasteiger partial charge >= 0.3 is 0 Å². The molecule has 4 nitrogen and oxygen atoms in total. The second-order valence-corrected chi connectivity index (χ2v) is 6.27. The lowest BCUT2D eigenvalue weighted by molar-refractivity contribution is 0.275. The Bertz CT molecular complexity index is 523. The standard InChI is InChI=1S/C17H26N4/c1-12(2)15(13(3)4)10-18-11-16-17(20-21-19-16)14-8-6-5-7-9-14/h5-9,12-13,15,18H,10-11H2,1-4H3,(H,19,20,21). The fraction of sp³-hybridized carbons (Fsp3) is 0.529. The molecule has 1 aromatic carbocycles. The molecule has 0 aliphatic carbocycles. The fourth-order valence-corrected chi connectivity index (χ4v) is 2.80. The average Bonchev–Trinajstić information content (AvgIpc) is 2.92. The van der Waals surface area contributed by atoms with E-state index in [1.165, 1.54) is 0 Å². The maximum atomic E-state index is 4.28. The van der Waals surface area contributed by atoms with E-state index in [1.54, 1.807) is 0 Å². The summed E-state index contributed by atoms with van der Waals surface area (Å²) in [5, 5.41) is 14.8. The monoisotopic (exact) mass is 286 g/mol. The van der Waals surface area contributed by atoms with Gasteiger partial charge in [0, 0.05) is 12.1 Å². The molecule has 4 heteroatoms. The van der Waals surface area contributed by atoms with Crippen LogP contribution in [0.1, 0.15) is 33.4 Å². The number of aromatic nitrogens is 3. The van der Waals surface area contributed by atoms with Crippen LogP contribution in [0.25, 0.3) is 11.3 Å². The highest BCUT2D eigenvalue weighted by Crippen LogP contribution is 2.21. The minimum Gasteiger partial charge on any atom is -0.311 e. The molecule has 0 fully saturated rings. The van der Waals surface area contributed by atoms with Gasteiger partial charge in [-0.25, -0.2) is 0 Å². The van der Waals surface area contributed by atoms with E-state index in [-0.39, 0.29) is 0 Å². The smallest absolute Gasteiger partial charge is 0.117 e. The Kier molecular flexibility index (Phi) is 5.51. The van der Waals surface area contributed by atoms with E-state index < -0.39 is 0 Å². The number of hydrogen-bond donors (Lipinski definition) is 2. The normalized spacial score (nSPS) is 11.8. The second-order valence-electron chi connectivity index (χ2n) is 6.27. The molecule has 0 saturated heterocycles. The van der Waals surface area contributed by atoms with Gasteiger partial charge in [-0.1, -0.05) is 58.0 Å².